The first-order valence-electron chi connectivity index (χ1n) is 8.72. The Bertz CT molecular complexity index is 668. The Hall–Kier alpha value is -0.750. The Morgan fingerprint density at radius 3 is 2.79 bits per heavy atom. The molecule has 0 amide bonds. The van der Waals surface area contributed by atoms with E-state index in [0.29, 0.717) is 18.0 Å². The van der Waals surface area contributed by atoms with E-state index in [2.05, 4.69) is 64.2 Å². The van der Waals surface area contributed by atoms with E-state index >= 15 is 0 Å². The van der Waals surface area contributed by atoms with Crippen molar-refractivity contribution in [3.63, 3.8) is 0 Å². The van der Waals surface area contributed by atoms with Crippen LogP contribution in [0.25, 0.3) is 10.9 Å². The molecule has 3 nitrogen and oxygen atoms in total. The average molecular weight is 361 g/mol. The Kier molecular flexibility index (Phi) is 5.63. The summed E-state index contributed by atoms with van der Waals surface area (Å²) in [6.45, 7) is 1.71. The van der Waals surface area contributed by atoms with E-state index in [1.807, 2.05) is 6.20 Å². The highest BCUT2D eigenvalue weighted by molar-refractivity contribution is 8.03. The van der Waals surface area contributed by atoms with Gasteiger partial charge < -0.3 is 10.1 Å². The van der Waals surface area contributed by atoms with Crippen LogP contribution < -0.4 is 5.32 Å². The Labute approximate surface area is 152 Å². The smallest absolute Gasteiger partial charge is 0.0704 e. The van der Waals surface area contributed by atoms with E-state index in [0.717, 1.165) is 25.2 Å². The Balaban J connectivity index is 1.46. The maximum atomic E-state index is 5.84. The number of hydrogen-bond acceptors (Lipinski definition) is 5. The monoisotopic (exact) mass is 360 g/mol. The van der Waals surface area contributed by atoms with Crippen molar-refractivity contribution < 1.29 is 4.74 Å². The quantitative estimate of drug-likeness (QED) is 0.905. The normalized spacial score (nSPS) is 25.8. The highest BCUT2D eigenvalue weighted by Gasteiger charge is 2.30. The summed E-state index contributed by atoms with van der Waals surface area (Å²) in [4.78, 5) is 4.49. The lowest BCUT2D eigenvalue weighted by Gasteiger charge is -2.25. The van der Waals surface area contributed by atoms with Gasteiger partial charge in [-0.2, -0.15) is 23.5 Å². The van der Waals surface area contributed by atoms with Crippen LogP contribution in [0.15, 0.2) is 36.5 Å². The third-order valence-electron chi connectivity index (χ3n) is 4.88. The molecule has 1 aromatic carbocycles. The van der Waals surface area contributed by atoms with Crippen LogP contribution in [0.5, 0.6) is 0 Å². The van der Waals surface area contributed by atoms with Crippen molar-refractivity contribution in [3.05, 3.63) is 42.1 Å². The predicted octanol–water partition coefficient (Wildman–Crippen LogP) is 3.23. The van der Waals surface area contributed by atoms with Gasteiger partial charge >= 0.3 is 0 Å². The zero-order valence-corrected chi connectivity index (χ0v) is 15.5. The van der Waals surface area contributed by atoms with E-state index in [4.69, 9.17) is 4.74 Å². The van der Waals surface area contributed by atoms with Gasteiger partial charge in [0.05, 0.1) is 18.7 Å². The number of nitrogens with zero attached hydrogens (tertiary/aromatic N) is 1. The first kappa shape index (κ1) is 16.7. The van der Waals surface area contributed by atoms with Crippen LogP contribution in [0.4, 0.5) is 0 Å². The van der Waals surface area contributed by atoms with E-state index in [9.17, 15) is 0 Å². The Morgan fingerprint density at radius 2 is 1.92 bits per heavy atom. The summed E-state index contributed by atoms with van der Waals surface area (Å²) in [6, 6.07) is 11.7. The molecule has 2 aromatic rings. The molecule has 0 radical (unpaired) electrons. The minimum absolute atomic E-state index is 0.473. The van der Waals surface area contributed by atoms with Crippen LogP contribution >= 0.6 is 23.5 Å². The van der Waals surface area contributed by atoms with Crippen molar-refractivity contribution in [2.75, 3.05) is 36.2 Å². The molecule has 2 aliphatic heterocycles. The van der Waals surface area contributed by atoms with Gasteiger partial charge in [-0.3, -0.25) is 4.98 Å². The molecular formula is C19H24N2OS2. The molecule has 1 aromatic heterocycles. The first-order valence-corrected chi connectivity index (χ1v) is 11.0. The summed E-state index contributed by atoms with van der Waals surface area (Å²) >= 11 is 4.16. The topological polar surface area (TPSA) is 34.1 Å². The first-order chi connectivity index (χ1) is 11.9. The standard InChI is InChI=1S/C19H24N2OS2/c1-2-4-18-17(3-1)14(5-6-20-18)9-15-10-22-11-19(15)21-16-12-23-7-8-24-13-16/h1-6,15-16,19,21H,7-13H2/t15-,19+/m1/s1. The van der Waals surface area contributed by atoms with Gasteiger partial charge in [0.25, 0.3) is 0 Å². The highest BCUT2D eigenvalue weighted by Crippen LogP contribution is 2.25. The van der Waals surface area contributed by atoms with Crippen molar-refractivity contribution in [2.45, 2.75) is 18.5 Å². The second-order valence-electron chi connectivity index (χ2n) is 6.61. The molecule has 1 N–H and O–H groups in total. The second kappa shape index (κ2) is 8.09. The fourth-order valence-corrected chi connectivity index (χ4v) is 6.04. The minimum atomic E-state index is 0.473. The lowest BCUT2D eigenvalue weighted by atomic mass is 9.93. The van der Waals surface area contributed by atoms with Crippen LogP contribution in [0.1, 0.15) is 5.56 Å². The summed E-state index contributed by atoms with van der Waals surface area (Å²) in [7, 11) is 0. The Morgan fingerprint density at radius 1 is 1.08 bits per heavy atom. The zero-order chi connectivity index (χ0) is 16.2. The summed E-state index contributed by atoms with van der Waals surface area (Å²) < 4.78 is 5.84. The van der Waals surface area contributed by atoms with E-state index in [1.54, 1.807) is 0 Å². The van der Waals surface area contributed by atoms with Crippen molar-refractivity contribution in [1.29, 1.82) is 0 Å². The van der Waals surface area contributed by atoms with Crippen LogP contribution in [-0.4, -0.2) is 53.3 Å². The van der Waals surface area contributed by atoms with Gasteiger partial charge in [0.1, 0.15) is 0 Å². The molecule has 3 heterocycles. The highest BCUT2D eigenvalue weighted by atomic mass is 32.2. The third kappa shape index (κ3) is 3.90. The third-order valence-corrected chi connectivity index (χ3v) is 7.40. The number of nitrogens with one attached hydrogen (secondary N) is 1. The minimum Gasteiger partial charge on any atom is -0.379 e. The van der Waals surface area contributed by atoms with Crippen molar-refractivity contribution in [3.8, 4) is 0 Å². The fourth-order valence-electron chi connectivity index (χ4n) is 3.62. The molecule has 2 saturated heterocycles. The second-order valence-corrected chi connectivity index (χ2v) is 8.91. The van der Waals surface area contributed by atoms with E-state index in [1.165, 1.54) is 34.0 Å². The molecule has 2 atom stereocenters. The number of ether oxygens (including phenoxy) is 1. The molecule has 0 unspecified atom stereocenters. The molecule has 2 fully saturated rings. The molecule has 2 aliphatic rings. The number of rotatable bonds is 4. The maximum Gasteiger partial charge on any atom is 0.0704 e. The maximum absolute atomic E-state index is 5.84. The average Bonchev–Trinajstić information content (AvgIpc) is 2.88. The van der Waals surface area contributed by atoms with Crippen LogP contribution in [0.3, 0.4) is 0 Å². The van der Waals surface area contributed by atoms with Gasteiger partial charge in [0, 0.05) is 52.6 Å². The SMILES string of the molecule is c1ccc2c(C[C@@H]3COC[C@@H]3NC3CSCCSC3)ccnc2c1. The summed E-state index contributed by atoms with van der Waals surface area (Å²) in [5, 5.41) is 5.18. The summed E-state index contributed by atoms with van der Waals surface area (Å²) in [5.41, 5.74) is 2.49. The number of pyridine rings is 1. The molecule has 4 rings (SSSR count). The van der Waals surface area contributed by atoms with Crippen molar-refractivity contribution in [2.24, 2.45) is 5.92 Å². The van der Waals surface area contributed by atoms with Gasteiger partial charge in [-0.25, -0.2) is 0 Å². The summed E-state index contributed by atoms with van der Waals surface area (Å²) in [6.07, 6.45) is 3.00. The molecule has 0 aliphatic carbocycles. The zero-order valence-electron chi connectivity index (χ0n) is 13.8. The fraction of sp³-hybridized carbons (Fsp3) is 0.526. The lowest BCUT2D eigenvalue weighted by Crippen LogP contribution is -2.45. The molecule has 5 heteroatoms. The van der Waals surface area contributed by atoms with Crippen LogP contribution in [0.2, 0.25) is 0 Å². The summed E-state index contributed by atoms with van der Waals surface area (Å²) in [5.74, 6) is 5.59. The van der Waals surface area contributed by atoms with E-state index < -0.39 is 0 Å². The van der Waals surface area contributed by atoms with Gasteiger partial charge in [-0.15, -0.1) is 0 Å². The van der Waals surface area contributed by atoms with Crippen molar-refractivity contribution >= 4 is 34.4 Å². The van der Waals surface area contributed by atoms with Crippen LogP contribution in [-0.2, 0) is 11.2 Å². The van der Waals surface area contributed by atoms with Gasteiger partial charge in [0.2, 0.25) is 0 Å². The number of benzene rings is 1. The molecule has 0 spiro atoms. The number of fused-ring (bicyclic) bond motifs is 1. The number of thioether (sulfide) groups is 2. The lowest BCUT2D eigenvalue weighted by molar-refractivity contribution is 0.182. The molecule has 0 saturated carbocycles. The number of aromatic nitrogens is 1. The van der Waals surface area contributed by atoms with Gasteiger partial charge in [-0.1, -0.05) is 18.2 Å². The van der Waals surface area contributed by atoms with E-state index in [-0.39, 0.29) is 0 Å². The largest absolute Gasteiger partial charge is 0.379 e. The van der Waals surface area contributed by atoms with Crippen LogP contribution in [0, 0.1) is 5.92 Å². The molecule has 0 bridgehead atoms. The van der Waals surface area contributed by atoms with Gasteiger partial charge in [-0.05, 0) is 24.1 Å². The van der Waals surface area contributed by atoms with Crippen molar-refractivity contribution in [1.82, 2.24) is 10.3 Å². The predicted molar refractivity (Wildman–Crippen MR) is 105 cm³/mol. The van der Waals surface area contributed by atoms with Gasteiger partial charge in [0.15, 0.2) is 0 Å². The molecule has 24 heavy (non-hydrogen) atoms. The molecular weight excluding hydrogens is 336 g/mol. The molecule has 128 valence electrons. The number of para-hydroxylation sites is 1. The number of hydrogen-bond donors (Lipinski definition) is 1.